The van der Waals surface area contributed by atoms with Gasteiger partial charge in [-0.2, -0.15) is 5.26 Å². The normalized spacial score (nSPS) is 13.4. The van der Waals surface area contributed by atoms with Crippen LogP contribution in [0, 0.1) is 11.3 Å². The van der Waals surface area contributed by atoms with Gasteiger partial charge < -0.3 is 0 Å². The monoisotopic (exact) mass is 370 g/mol. The second-order valence-electron chi connectivity index (χ2n) is 6.91. The number of pyridine rings is 1. The van der Waals surface area contributed by atoms with Crippen LogP contribution in [0.1, 0.15) is 29.7 Å². The lowest BCUT2D eigenvalue weighted by atomic mass is 9.90. The summed E-state index contributed by atoms with van der Waals surface area (Å²) in [6.45, 7) is 0. The number of nitriles is 1. The van der Waals surface area contributed by atoms with Gasteiger partial charge in [-0.05, 0) is 60.6 Å². The van der Waals surface area contributed by atoms with Crippen LogP contribution in [0.25, 0.3) is 27.5 Å². The minimum atomic E-state index is 0.327. The molecule has 0 bridgehead atoms. The number of benzene rings is 1. The zero-order valence-electron chi connectivity index (χ0n) is 14.9. The van der Waals surface area contributed by atoms with E-state index < -0.39 is 0 Å². The number of rotatable bonds is 3. The Bertz CT molecular complexity index is 1160. The number of imidazole rings is 1. The van der Waals surface area contributed by atoms with Gasteiger partial charge in [0.25, 0.3) is 0 Å². The van der Waals surface area contributed by atoms with E-state index in [1.54, 1.807) is 23.7 Å². The van der Waals surface area contributed by atoms with Crippen molar-refractivity contribution < 1.29 is 0 Å². The lowest BCUT2D eigenvalue weighted by molar-refractivity contribution is 0.686. The number of hydrogen-bond donors (Lipinski definition) is 0. The van der Waals surface area contributed by atoms with Crippen molar-refractivity contribution in [1.29, 1.82) is 5.26 Å². The van der Waals surface area contributed by atoms with Gasteiger partial charge in [0.1, 0.15) is 0 Å². The molecule has 132 valence electrons. The Morgan fingerprint density at radius 2 is 1.85 bits per heavy atom. The van der Waals surface area contributed by atoms with Gasteiger partial charge in [-0.1, -0.05) is 12.1 Å². The molecule has 0 amide bonds. The van der Waals surface area contributed by atoms with Crippen molar-refractivity contribution in [2.75, 3.05) is 0 Å². The molecule has 1 aliphatic carbocycles. The highest BCUT2D eigenvalue weighted by Crippen LogP contribution is 2.34. The number of hydrogen-bond acceptors (Lipinski definition) is 4. The maximum Gasteiger partial charge on any atom is 0.194 e. The summed E-state index contributed by atoms with van der Waals surface area (Å²) in [6.07, 6.45) is 8.77. The van der Waals surface area contributed by atoms with Gasteiger partial charge in [-0.25, -0.2) is 4.98 Å². The van der Waals surface area contributed by atoms with Crippen molar-refractivity contribution in [2.24, 2.45) is 0 Å². The summed E-state index contributed by atoms with van der Waals surface area (Å²) >= 11 is 1.63. The Labute approximate surface area is 161 Å². The number of thiazole rings is 1. The van der Waals surface area contributed by atoms with E-state index in [4.69, 9.17) is 4.98 Å². The molecule has 0 saturated carbocycles. The predicted molar refractivity (Wildman–Crippen MR) is 108 cm³/mol. The summed E-state index contributed by atoms with van der Waals surface area (Å²) in [5.41, 5.74) is 8.12. The van der Waals surface area contributed by atoms with Gasteiger partial charge in [0, 0.05) is 23.3 Å². The molecular weight excluding hydrogens is 352 g/mol. The molecule has 4 nitrogen and oxygen atoms in total. The van der Waals surface area contributed by atoms with Crippen LogP contribution < -0.4 is 0 Å². The van der Waals surface area contributed by atoms with Crippen LogP contribution in [0.4, 0.5) is 0 Å². The Kier molecular flexibility index (Phi) is 3.99. The summed E-state index contributed by atoms with van der Waals surface area (Å²) < 4.78 is 2.16. The van der Waals surface area contributed by atoms with Crippen molar-refractivity contribution >= 4 is 16.3 Å². The Morgan fingerprint density at radius 3 is 2.67 bits per heavy atom. The van der Waals surface area contributed by atoms with Crippen LogP contribution in [0.15, 0.2) is 48.1 Å². The van der Waals surface area contributed by atoms with Gasteiger partial charge in [-0.3, -0.25) is 9.38 Å². The molecule has 0 unspecified atom stereocenters. The zero-order valence-corrected chi connectivity index (χ0v) is 15.7. The van der Waals surface area contributed by atoms with Gasteiger partial charge in [-0.15, -0.1) is 11.3 Å². The maximum absolute atomic E-state index is 9.43. The van der Waals surface area contributed by atoms with E-state index in [2.05, 4.69) is 39.0 Å². The molecule has 0 spiro atoms. The SMILES string of the molecule is N#CCc1c(-c2ccncc2)nc2scc(-c3ccc4c(c3)CCCC4)n12. The summed E-state index contributed by atoms with van der Waals surface area (Å²) in [5, 5.41) is 11.6. The molecule has 0 aliphatic heterocycles. The van der Waals surface area contributed by atoms with Crippen LogP contribution >= 0.6 is 11.3 Å². The third-order valence-corrected chi connectivity index (χ3v) is 6.13. The van der Waals surface area contributed by atoms with E-state index in [-0.39, 0.29) is 0 Å². The minimum Gasteiger partial charge on any atom is -0.286 e. The topological polar surface area (TPSA) is 54.0 Å². The first-order valence-electron chi connectivity index (χ1n) is 9.23. The van der Waals surface area contributed by atoms with Gasteiger partial charge in [0.2, 0.25) is 0 Å². The molecule has 0 radical (unpaired) electrons. The molecule has 0 atom stereocenters. The number of fused-ring (bicyclic) bond motifs is 2. The van der Waals surface area contributed by atoms with Crippen LogP contribution in [0.5, 0.6) is 0 Å². The van der Waals surface area contributed by atoms with Crippen molar-refractivity contribution in [3.63, 3.8) is 0 Å². The highest BCUT2D eigenvalue weighted by atomic mass is 32.1. The standard InChI is InChI=1S/C22H18N4S/c23-10-7-19-21(16-8-11-24-12-9-16)25-22-26(19)20(14-27-22)18-6-5-15-3-1-2-4-17(15)13-18/h5-6,8-9,11-14H,1-4,7H2. The van der Waals surface area contributed by atoms with Crippen molar-refractivity contribution in [3.8, 4) is 28.6 Å². The third-order valence-electron chi connectivity index (χ3n) is 5.30. The smallest absolute Gasteiger partial charge is 0.194 e. The Balaban J connectivity index is 1.70. The van der Waals surface area contributed by atoms with E-state index >= 15 is 0 Å². The fraction of sp³-hybridized carbons (Fsp3) is 0.227. The lowest BCUT2D eigenvalue weighted by Crippen LogP contribution is -2.03. The predicted octanol–water partition coefficient (Wildman–Crippen LogP) is 5.07. The van der Waals surface area contributed by atoms with E-state index in [9.17, 15) is 5.26 Å². The van der Waals surface area contributed by atoms with Gasteiger partial charge >= 0.3 is 0 Å². The summed E-state index contributed by atoms with van der Waals surface area (Å²) in [6, 6.07) is 13.0. The van der Waals surface area contributed by atoms with Crippen LogP contribution in [-0.2, 0) is 19.3 Å². The highest BCUT2D eigenvalue weighted by molar-refractivity contribution is 7.15. The van der Waals surface area contributed by atoms with Crippen molar-refractivity contribution in [2.45, 2.75) is 32.1 Å². The average molecular weight is 370 g/mol. The van der Waals surface area contributed by atoms with Crippen LogP contribution in [0.2, 0.25) is 0 Å². The van der Waals surface area contributed by atoms with E-state index in [1.807, 2.05) is 12.1 Å². The first-order chi connectivity index (χ1) is 13.3. The summed E-state index contributed by atoms with van der Waals surface area (Å²) in [4.78, 5) is 9.87. The molecule has 3 heterocycles. The molecular formula is C22H18N4S. The zero-order chi connectivity index (χ0) is 18.2. The minimum absolute atomic E-state index is 0.327. The van der Waals surface area contributed by atoms with Crippen LogP contribution in [0.3, 0.4) is 0 Å². The Morgan fingerprint density at radius 1 is 1.04 bits per heavy atom. The molecule has 0 fully saturated rings. The number of nitrogens with zero attached hydrogens (tertiary/aromatic N) is 4. The summed E-state index contributed by atoms with van der Waals surface area (Å²) in [7, 11) is 0. The van der Waals surface area contributed by atoms with Crippen molar-refractivity contribution in [3.05, 3.63) is 64.9 Å². The largest absolute Gasteiger partial charge is 0.286 e. The van der Waals surface area contributed by atoms with Crippen molar-refractivity contribution in [1.82, 2.24) is 14.4 Å². The molecule has 27 heavy (non-hydrogen) atoms. The fourth-order valence-electron chi connectivity index (χ4n) is 3.99. The molecule has 5 rings (SSSR count). The molecule has 0 saturated heterocycles. The quantitative estimate of drug-likeness (QED) is 0.506. The van der Waals surface area contributed by atoms with E-state index in [0.29, 0.717) is 6.42 Å². The van der Waals surface area contributed by atoms with E-state index in [0.717, 1.165) is 34.0 Å². The van der Waals surface area contributed by atoms with Gasteiger partial charge in [0.05, 0.1) is 29.6 Å². The molecule has 1 aromatic carbocycles. The lowest BCUT2D eigenvalue weighted by Gasteiger charge is -2.16. The van der Waals surface area contributed by atoms with Crippen LogP contribution in [-0.4, -0.2) is 14.4 Å². The highest BCUT2D eigenvalue weighted by Gasteiger charge is 2.19. The molecule has 0 N–H and O–H groups in total. The second kappa shape index (κ2) is 6.64. The first-order valence-corrected chi connectivity index (χ1v) is 10.1. The Hall–Kier alpha value is -2.97. The van der Waals surface area contributed by atoms with Gasteiger partial charge in [0.15, 0.2) is 4.96 Å². The second-order valence-corrected chi connectivity index (χ2v) is 7.74. The molecule has 3 aromatic heterocycles. The molecule has 1 aliphatic rings. The molecule has 5 heteroatoms. The summed E-state index contributed by atoms with van der Waals surface area (Å²) in [5.74, 6) is 0. The third kappa shape index (κ3) is 2.73. The number of aromatic nitrogens is 3. The first kappa shape index (κ1) is 16.2. The molecule has 4 aromatic rings. The van der Waals surface area contributed by atoms with E-state index in [1.165, 1.54) is 36.0 Å². The fourth-order valence-corrected chi connectivity index (χ4v) is 4.91. The average Bonchev–Trinajstić information content (AvgIpc) is 3.29. The number of aryl methyl sites for hydroxylation is 2. The maximum atomic E-state index is 9.43.